The maximum absolute atomic E-state index is 12.1. The van der Waals surface area contributed by atoms with Crippen LogP contribution < -0.4 is 10.2 Å². The van der Waals surface area contributed by atoms with Gasteiger partial charge < -0.3 is 10.2 Å². The number of fused-ring (bicyclic) bond motifs is 1. The molecule has 1 aromatic heterocycles. The molecule has 0 radical (unpaired) electrons. The Balaban J connectivity index is 1.88. The molecule has 0 bridgehead atoms. The van der Waals surface area contributed by atoms with Crippen molar-refractivity contribution in [2.75, 3.05) is 18.0 Å². The first kappa shape index (κ1) is 17.7. The van der Waals surface area contributed by atoms with Crippen LogP contribution in [0.1, 0.15) is 45.7 Å². The molecule has 134 valence electrons. The second-order valence-electron chi connectivity index (χ2n) is 7.35. The molecule has 4 nitrogen and oxygen atoms in total. The second kappa shape index (κ2) is 7.85. The van der Waals surface area contributed by atoms with E-state index in [4.69, 9.17) is 4.98 Å². The number of carbonyl (C=O) groups excluding carboxylic acids is 1. The Morgan fingerprint density at radius 2 is 2.16 bits per heavy atom. The van der Waals surface area contributed by atoms with Crippen LogP contribution in [0.3, 0.4) is 0 Å². The first-order valence-electron chi connectivity index (χ1n) is 9.52. The van der Waals surface area contributed by atoms with Crippen LogP contribution in [0.2, 0.25) is 0 Å². The number of piperidine rings is 1. The number of anilines is 1. The maximum Gasteiger partial charge on any atom is 0.222 e. The molecule has 25 heavy (non-hydrogen) atoms. The van der Waals surface area contributed by atoms with Gasteiger partial charge in [0.05, 0.1) is 5.52 Å². The summed E-state index contributed by atoms with van der Waals surface area (Å²) in [6, 6.07) is 10.9. The number of aromatic nitrogens is 1. The molecule has 0 saturated carbocycles. The summed E-state index contributed by atoms with van der Waals surface area (Å²) in [5, 5.41) is 4.42. The summed E-state index contributed by atoms with van der Waals surface area (Å²) >= 11 is 0. The number of aryl methyl sites for hydroxylation is 1. The molecule has 1 N–H and O–H groups in total. The minimum Gasteiger partial charge on any atom is -0.369 e. The predicted molar refractivity (Wildman–Crippen MR) is 104 cm³/mol. The molecule has 1 fully saturated rings. The zero-order valence-corrected chi connectivity index (χ0v) is 15.6. The van der Waals surface area contributed by atoms with Gasteiger partial charge in [-0.2, -0.15) is 0 Å². The standard InChI is InChI=1S/C21H29N3O/c1-4-8-16-13-20(18-10-5-6-11-19(18)22-16)24-12-7-9-17(14-24)23-21(25)15(2)3/h5-6,10-11,13,15,17H,4,7-9,12,14H2,1-3H3,(H,23,25). The minimum absolute atomic E-state index is 0.0355. The van der Waals surface area contributed by atoms with Crippen LogP contribution in [-0.4, -0.2) is 30.0 Å². The van der Waals surface area contributed by atoms with Crippen molar-refractivity contribution in [1.29, 1.82) is 0 Å². The molecule has 1 unspecified atom stereocenters. The Bertz CT molecular complexity index is 741. The highest BCUT2D eigenvalue weighted by molar-refractivity contribution is 5.92. The van der Waals surface area contributed by atoms with Crippen molar-refractivity contribution in [3.05, 3.63) is 36.0 Å². The van der Waals surface area contributed by atoms with Gasteiger partial charge in [-0.25, -0.2) is 0 Å². The maximum atomic E-state index is 12.1. The highest BCUT2D eigenvalue weighted by Crippen LogP contribution is 2.29. The molecule has 2 heterocycles. The lowest BCUT2D eigenvalue weighted by Gasteiger charge is -2.36. The Labute approximate surface area is 150 Å². The summed E-state index contributed by atoms with van der Waals surface area (Å²) in [4.78, 5) is 19.3. The van der Waals surface area contributed by atoms with Crippen LogP contribution in [-0.2, 0) is 11.2 Å². The number of amides is 1. The van der Waals surface area contributed by atoms with Gasteiger partial charge in [0, 0.05) is 41.8 Å². The summed E-state index contributed by atoms with van der Waals surface area (Å²) in [7, 11) is 0. The van der Waals surface area contributed by atoms with Gasteiger partial charge in [-0.05, 0) is 31.4 Å². The number of nitrogens with one attached hydrogen (secondary N) is 1. The highest BCUT2D eigenvalue weighted by atomic mass is 16.1. The van der Waals surface area contributed by atoms with Crippen molar-refractivity contribution in [2.24, 2.45) is 5.92 Å². The third-order valence-electron chi connectivity index (χ3n) is 4.89. The van der Waals surface area contributed by atoms with Crippen LogP contribution in [0.5, 0.6) is 0 Å². The van der Waals surface area contributed by atoms with E-state index in [2.05, 4.69) is 47.5 Å². The van der Waals surface area contributed by atoms with E-state index in [0.29, 0.717) is 0 Å². The molecule has 1 aliphatic heterocycles. The van der Waals surface area contributed by atoms with Crippen molar-refractivity contribution >= 4 is 22.5 Å². The molecular formula is C21H29N3O. The molecule has 1 amide bonds. The molecule has 1 saturated heterocycles. The van der Waals surface area contributed by atoms with Gasteiger partial charge in [0.2, 0.25) is 5.91 Å². The lowest BCUT2D eigenvalue weighted by molar-refractivity contribution is -0.124. The van der Waals surface area contributed by atoms with E-state index < -0.39 is 0 Å². The number of carbonyl (C=O) groups is 1. The summed E-state index contributed by atoms with van der Waals surface area (Å²) in [5.41, 5.74) is 3.49. The Morgan fingerprint density at radius 3 is 2.92 bits per heavy atom. The topological polar surface area (TPSA) is 45.2 Å². The normalized spacial score (nSPS) is 17.9. The second-order valence-corrected chi connectivity index (χ2v) is 7.35. The van der Waals surface area contributed by atoms with E-state index in [9.17, 15) is 4.79 Å². The van der Waals surface area contributed by atoms with E-state index in [1.54, 1.807) is 0 Å². The van der Waals surface area contributed by atoms with Crippen LogP contribution in [0.25, 0.3) is 10.9 Å². The monoisotopic (exact) mass is 339 g/mol. The van der Waals surface area contributed by atoms with Crippen LogP contribution in [0, 0.1) is 5.92 Å². The van der Waals surface area contributed by atoms with E-state index in [0.717, 1.165) is 50.0 Å². The summed E-state index contributed by atoms with van der Waals surface area (Å²) in [6.45, 7) is 7.99. The molecule has 1 aromatic carbocycles. The van der Waals surface area contributed by atoms with Gasteiger partial charge in [0.1, 0.15) is 0 Å². The van der Waals surface area contributed by atoms with Gasteiger partial charge in [0.25, 0.3) is 0 Å². The Kier molecular flexibility index (Phi) is 5.57. The largest absolute Gasteiger partial charge is 0.369 e. The van der Waals surface area contributed by atoms with Gasteiger partial charge >= 0.3 is 0 Å². The fourth-order valence-corrected chi connectivity index (χ4v) is 3.54. The lowest BCUT2D eigenvalue weighted by atomic mass is 10.0. The van der Waals surface area contributed by atoms with Crippen molar-refractivity contribution in [3.63, 3.8) is 0 Å². The molecule has 0 aliphatic carbocycles. The average molecular weight is 339 g/mol. The minimum atomic E-state index is 0.0355. The molecule has 1 atom stereocenters. The van der Waals surface area contributed by atoms with Crippen molar-refractivity contribution < 1.29 is 4.79 Å². The number of hydrogen-bond donors (Lipinski definition) is 1. The number of benzene rings is 1. The first-order valence-corrected chi connectivity index (χ1v) is 9.52. The molecular weight excluding hydrogens is 310 g/mol. The van der Waals surface area contributed by atoms with Gasteiger partial charge in [0.15, 0.2) is 0 Å². The predicted octanol–water partition coefficient (Wildman–Crippen LogP) is 3.93. The molecule has 4 heteroatoms. The Hall–Kier alpha value is -2.10. The summed E-state index contributed by atoms with van der Waals surface area (Å²) in [5.74, 6) is 0.186. The fourth-order valence-electron chi connectivity index (χ4n) is 3.54. The molecule has 2 aromatic rings. The highest BCUT2D eigenvalue weighted by Gasteiger charge is 2.24. The smallest absolute Gasteiger partial charge is 0.222 e. The summed E-state index contributed by atoms with van der Waals surface area (Å²) < 4.78 is 0. The van der Waals surface area contributed by atoms with E-state index in [1.165, 1.54) is 11.1 Å². The number of nitrogens with zero attached hydrogens (tertiary/aromatic N) is 2. The van der Waals surface area contributed by atoms with E-state index >= 15 is 0 Å². The zero-order chi connectivity index (χ0) is 17.8. The van der Waals surface area contributed by atoms with Gasteiger partial charge in [-0.15, -0.1) is 0 Å². The molecule has 3 rings (SSSR count). The summed E-state index contributed by atoms with van der Waals surface area (Å²) in [6.07, 6.45) is 4.25. The van der Waals surface area contributed by atoms with Gasteiger partial charge in [-0.3, -0.25) is 9.78 Å². The van der Waals surface area contributed by atoms with Crippen LogP contribution >= 0.6 is 0 Å². The Morgan fingerprint density at radius 1 is 1.36 bits per heavy atom. The number of pyridine rings is 1. The number of rotatable bonds is 5. The third-order valence-corrected chi connectivity index (χ3v) is 4.89. The molecule has 1 aliphatic rings. The molecule has 0 spiro atoms. The number of hydrogen-bond acceptors (Lipinski definition) is 3. The van der Waals surface area contributed by atoms with Crippen molar-refractivity contribution in [2.45, 2.75) is 52.5 Å². The lowest BCUT2D eigenvalue weighted by Crippen LogP contribution is -2.48. The van der Waals surface area contributed by atoms with Gasteiger partial charge in [-0.1, -0.05) is 45.4 Å². The van der Waals surface area contributed by atoms with E-state index in [1.807, 2.05) is 13.8 Å². The van der Waals surface area contributed by atoms with Crippen molar-refractivity contribution in [3.8, 4) is 0 Å². The first-order chi connectivity index (χ1) is 12.1. The third kappa shape index (κ3) is 4.12. The van der Waals surface area contributed by atoms with Crippen LogP contribution in [0.15, 0.2) is 30.3 Å². The van der Waals surface area contributed by atoms with Crippen LogP contribution in [0.4, 0.5) is 5.69 Å². The SMILES string of the molecule is CCCc1cc(N2CCCC(NC(=O)C(C)C)C2)c2ccccc2n1. The van der Waals surface area contributed by atoms with E-state index in [-0.39, 0.29) is 17.9 Å². The quantitative estimate of drug-likeness (QED) is 0.898. The van der Waals surface area contributed by atoms with Crippen molar-refractivity contribution in [1.82, 2.24) is 10.3 Å². The zero-order valence-electron chi connectivity index (χ0n) is 15.6. The average Bonchev–Trinajstić information content (AvgIpc) is 2.61. The number of para-hydroxylation sites is 1. The fraction of sp³-hybridized carbons (Fsp3) is 0.524.